The molecule has 2 amide bonds. The molecule has 8 heteroatoms. The van der Waals surface area contributed by atoms with Crippen molar-refractivity contribution in [1.82, 2.24) is 10.2 Å². The van der Waals surface area contributed by atoms with Gasteiger partial charge in [0.05, 0.1) is 5.92 Å². The highest BCUT2D eigenvalue weighted by Crippen LogP contribution is 2.22. The molecule has 110 valence electrons. The Morgan fingerprint density at radius 2 is 2.00 bits per heavy atom. The summed E-state index contributed by atoms with van der Waals surface area (Å²) in [7, 11) is 0. The SMILES string of the molecule is O=C(O)C1CCN(C(=O)NCCCCC(F)(F)F)C1. The highest BCUT2D eigenvalue weighted by atomic mass is 19.4. The van der Waals surface area contributed by atoms with E-state index in [9.17, 15) is 22.8 Å². The zero-order valence-corrected chi connectivity index (χ0v) is 10.4. The summed E-state index contributed by atoms with van der Waals surface area (Å²) in [4.78, 5) is 23.6. The standard InChI is InChI=1S/C11H17F3N2O3/c12-11(13,14)4-1-2-5-15-10(19)16-6-3-8(7-16)9(17)18/h8H,1-7H2,(H,15,19)(H,17,18). The third-order valence-corrected chi connectivity index (χ3v) is 2.99. The number of carboxylic acid groups (broad SMARTS) is 1. The van der Waals surface area contributed by atoms with Crippen molar-refractivity contribution >= 4 is 12.0 Å². The van der Waals surface area contributed by atoms with Crippen molar-refractivity contribution < 1.29 is 27.9 Å². The third-order valence-electron chi connectivity index (χ3n) is 2.99. The summed E-state index contributed by atoms with van der Waals surface area (Å²) >= 11 is 0. The first-order valence-corrected chi connectivity index (χ1v) is 6.12. The Labute approximate surface area is 108 Å². The van der Waals surface area contributed by atoms with E-state index in [-0.39, 0.29) is 25.9 Å². The predicted octanol–water partition coefficient (Wildman–Crippen LogP) is 1.84. The molecular weight excluding hydrogens is 265 g/mol. The van der Waals surface area contributed by atoms with Gasteiger partial charge in [-0.1, -0.05) is 0 Å². The van der Waals surface area contributed by atoms with Gasteiger partial charge in [-0.25, -0.2) is 4.79 Å². The molecule has 1 saturated heterocycles. The van der Waals surface area contributed by atoms with Gasteiger partial charge < -0.3 is 15.3 Å². The molecule has 1 rings (SSSR count). The van der Waals surface area contributed by atoms with Gasteiger partial charge in [-0.2, -0.15) is 13.2 Å². The third kappa shape index (κ3) is 5.80. The van der Waals surface area contributed by atoms with Crippen molar-refractivity contribution in [3.05, 3.63) is 0 Å². The Kier molecular flexibility index (Phi) is 5.44. The zero-order valence-electron chi connectivity index (χ0n) is 10.4. The fourth-order valence-corrected chi connectivity index (χ4v) is 1.90. The first-order valence-electron chi connectivity index (χ1n) is 6.12. The van der Waals surface area contributed by atoms with Crippen LogP contribution in [0.25, 0.3) is 0 Å². The van der Waals surface area contributed by atoms with Crippen LogP contribution in [-0.4, -0.2) is 47.8 Å². The maximum atomic E-state index is 11.9. The van der Waals surface area contributed by atoms with Gasteiger partial charge in [0.1, 0.15) is 0 Å². The normalized spacial score (nSPS) is 19.5. The number of nitrogens with one attached hydrogen (secondary N) is 1. The molecule has 1 fully saturated rings. The molecule has 0 spiro atoms. The molecule has 5 nitrogen and oxygen atoms in total. The van der Waals surface area contributed by atoms with Crippen molar-refractivity contribution in [3.63, 3.8) is 0 Å². The summed E-state index contributed by atoms with van der Waals surface area (Å²) in [5.74, 6) is -1.48. The number of alkyl halides is 3. The number of amides is 2. The van der Waals surface area contributed by atoms with Crippen molar-refractivity contribution in [2.24, 2.45) is 5.92 Å². The summed E-state index contributed by atoms with van der Waals surface area (Å²) in [6, 6.07) is -0.407. The largest absolute Gasteiger partial charge is 0.481 e. The van der Waals surface area contributed by atoms with Crippen LogP contribution >= 0.6 is 0 Å². The Hall–Kier alpha value is -1.47. The molecule has 2 N–H and O–H groups in total. The van der Waals surface area contributed by atoms with Crippen LogP contribution in [-0.2, 0) is 4.79 Å². The highest BCUT2D eigenvalue weighted by molar-refractivity contribution is 5.77. The van der Waals surface area contributed by atoms with E-state index in [4.69, 9.17) is 5.11 Å². The second-order valence-electron chi connectivity index (χ2n) is 4.57. The Morgan fingerprint density at radius 1 is 1.32 bits per heavy atom. The van der Waals surface area contributed by atoms with Crippen LogP contribution in [0.3, 0.4) is 0 Å². The molecule has 1 aliphatic heterocycles. The van der Waals surface area contributed by atoms with Gasteiger partial charge in [0.15, 0.2) is 0 Å². The number of halogens is 3. The minimum Gasteiger partial charge on any atom is -0.481 e. The molecule has 0 aromatic heterocycles. The minimum absolute atomic E-state index is 0.0263. The van der Waals surface area contributed by atoms with Crippen LogP contribution in [0.1, 0.15) is 25.7 Å². The maximum absolute atomic E-state index is 11.9. The average Bonchev–Trinajstić information content (AvgIpc) is 2.76. The first-order chi connectivity index (χ1) is 8.79. The first kappa shape index (κ1) is 15.6. The number of likely N-dealkylation sites (tertiary alicyclic amines) is 1. The van der Waals surface area contributed by atoms with Crippen LogP contribution in [0, 0.1) is 5.92 Å². The van der Waals surface area contributed by atoms with Crippen LogP contribution in [0.4, 0.5) is 18.0 Å². The highest BCUT2D eigenvalue weighted by Gasteiger charge is 2.30. The minimum atomic E-state index is -4.16. The van der Waals surface area contributed by atoms with E-state index in [1.165, 1.54) is 4.90 Å². The monoisotopic (exact) mass is 282 g/mol. The van der Waals surface area contributed by atoms with Crippen molar-refractivity contribution in [1.29, 1.82) is 0 Å². The molecule has 19 heavy (non-hydrogen) atoms. The topological polar surface area (TPSA) is 69.6 Å². The molecule has 0 bridgehead atoms. The smallest absolute Gasteiger partial charge is 0.389 e. The fraction of sp³-hybridized carbons (Fsp3) is 0.818. The molecule has 0 saturated carbocycles. The second-order valence-corrected chi connectivity index (χ2v) is 4.57. The Bertz CT molecular complexity index is 334. The van der Waals surface area contributed by atoms with Gasteiger partial charge in [-0.15, -0.1) is 0 Å². The van der Waals surface area contributed by atoms with Gasteiger partial charge in [-0.05, 0) is 19.3 Å². The van der Waals surface area contributed by atoms with Gasteiger partial charge in [-0.3, -0.25) is 4.79 Å². The number of unbranched alkanes of at least 4 members (excludes halogenated alkanes) is 1. The molecule has 0 aromatic rings. The molecule has 0 radical (unpaired) electrons. The second kappa shape index (κ2) is 6.63. The number of carbonyl (C=O) groups excluding carboxylic acids is 1. The lowest BCUT2D eigenvalue weighted by Gasteiger charge is -2.16. The van der Waals surface area contributed by atoms with E-state index in [0.717, 1.165) is 0 Å². The molecule has 1 aliphatic rings. The van der Waals surface area contributed by atoms with E-state index >= 15 is 0 Å². The van der Waals surface area contributed by atoms with Crippen LogP contribution in [0.15, 0.2) is 0 Å². The summed E-state index contributed by atoms with van der Waals surface area (Å²) in [6.07, 6.45) is -4.37. The molecule has 1 atom stereocenters. The predicted molar refractivity (Wildman–Crippen MR) is 60.6 cm³/mol. The molecular formula is C11H17F3N2O3. The van der Waals surface area contributed by atoms with Gasteiger partial charge in [0, 0.05) is 26.1 Å². The van der Waals surface area contributed by atoms with Crippen molar-refractivity contribution in [3.8, 4) is 0 Å². The summed E-state index contributed by atoms with van der Waals surface area (Å²) < 4.78 is 35.6. The number of hydrogen-bond acceptors (Lipinski definition) is 2. The van der Waals surface area contributed by atoms with Gasteiger partial charge in [0.2, 0.25) is 0 Å². The summed E-state index contributed by atoms with van der Waals surface area (Å²) in [5, 5.41) is 11.3. The molecule has 0 aromatic carbocycles. The number of urea groups is 1. The van der Waals surface area contributed by atoms with E-state index < -0.39 is 30.5 Å². The van der Waals surface area contributed by atoms with Crippen LogP contribution < -0.4 is 5.32 Å². The number of carboxylic acids is 1. The van der Waals surface area contributed by atoms with Gasteiger partial charge in [0.25, 0.3) is 0 Å². The number of nitrogens with zero attached hydrogens (tertiary/aromatic N) is 1. The zero-order chi connectivity index (χ0) is 14.5. The van der Waals surface area contributed by atoms with Crippen molar-refractivity contribution in [2.45, 2.75) is 31.9 Å². The molecule has 1 unspecified atom stereocenters. The van der Waals surface area contributed by atoms with E-state index in [1.807, 2.05) is 0 Å². The lowest BCUT2D eigenvalue weighted by atomic mass is 10.1. The van der Waals surface area contributed by atoms with E-state index in [2.05, 4.69) is 5.32 Å². The fourth-order valence-electron chi connectivity index (χ4n) is 1.90. The van der Waals surface area contributed by atoms with E-state index in [1.54, 1.807) is 0 Å². The summed E-state index contributed by atoms with van der Waals surface area (Å²) in [6.45, 7) is 0.693. The lowest BCUT2D eigenvalue weighted by Crippen LogP contribution is -2.39. The van der Waals surface area contributed by atoms with Crippen molar-refractivity contribution in [2.75, 3.05) is 19.6 Å². The Balaban J connectivity index is 2.14. The number of carbonyl (C=O) groups is 2. The quantitative estimate of drug-likeness (QED) is 0.756. The number of hydrogen-bond donors (Lipinski definition) is 2. The Morgan fingerprint density at radius 3 is 2.53 bits per heavy atom. The lowest BCUT2D eigenvalue weighted by molar-refractivity contribution is -0.141. The van der Waals surface area contributed by atoms with Crippen LogP contribution in [0.2, 0.25) is 0 Å². The van der Waals surface area contributed by atoms with E-state index in [0.29, 0.717) is 13.0 Å². The number of rotatable bonds is 5. The number of aliphatic carboxylic acids is 1. The average molecular weight is 282 g/mol. The van der Waals surface area contributed by atoms with Crippen LogP contribution in [0.5, 0.6) is 0 Å². The summed E-state index contributed by atoms with van der Waals surface area (Å²) in [5.41, 5.74) is 0. The maximum Gasteiger partial charge on any atom is 0.389 e. The molecule has 0 aliphatic carbocycles. The molecule has 1 heterocycles. The van der Waals surface area contributed by atoms with Gasteiger partial charge >= 0.3 is 18.2 Å².